The number of allylic oxidation sites excluding steroid dienone is 2. The van der Waals surface area contributed by atoms with E-state index in [1.807, 2.05) is 49.4 Å². The molecule has 0 radical (unpaired) electrons. The Bertz CT molecular complexity index is 941. The fourth-order valence-corrected chi connectivity index (χ4v) is 3.99. The number of nitrogens with one attached hydrogen (secondary N) is 1. The molecule has 1 aromatic carbocycles. The van der Waals surface area contributed by atoms with E-state index in [0.717, 1.165) is 11.1 Å². The van der Waals surface area contributed by atoms with Crippen LogP contribution in [0, 0.1) is 0 Å². The number of aromatic nitrogens is 1. The van der Waals surface area contributed by atoms with Crippen molar-refractivity contribution in [1.29, 1.82) is 0 Å². The van der Waals surface area contributed by atoms with Crippen LogP contribution in [-0.2, 0) is 9.59 Å². The van der Waals surface area contributed by atoms with Crippen LogP contribution < -0.4 is 5.32 Å². The van der Waals surface area contributed by atoms with Gasteiger partial charge in [0.1, 0.15) is 4.32 Å². The number of hydrogen-bond donors (Lipinski definition) is 1. The fraction of sp³-hybridized carbons (Fsp3) is 0.143. The summed E-state index contributed by atoms with van der Waals surface area (Å²) in [5, 5.41) is 2.75. The van der Waals surface area contributed by atoms with Gasteiger partial charge >= 0.3 is 0 Å². The van der Waals surface area contributed by atoms with Crippen LogP contribution in [0.5, 0.6) is 0 Å². The number of thiocarbonyl (C=S) groups is 1. The van der Waals surface area contributed by atoms with Crippen molar-refractivity contribution in [3.05, 3.63) is 77.0 Å². The van der Waals surface area contributed by atoms with Gasteiger partial charge < -0.3 is 5.32 Å². The Morgan fingerprint density at radius 2 is 2.04 bits per heavy atom. The molecule has 5 nitrogen and oxygen atoms in total. The molecule has 0 atom stereocenters. The molecular formula is C21H19N3O2S2. The Kier molecular flexibility index (Phi) is 6.73. The lowest BCUT2D eigenvalue weighted by molar-refractivity contribution is -0.122. The predicted molar refractivity (Wildman–Crippen MR) is 118 cm³/mol. The largest absolute Gasteiger partial charge is 0.325 e. The highest BCUT2D eigenvalue weighted by Gasteiger charge is 2.32. The van der Waals surface area contributed by atoms with Crippen molar-refractivity contribution in [3.8, 4) is 0 Å². The molecule has 0 aliphatic carbocycles. The third-order valence-electron chi connectivity index (χ3n) is 3.93. The van der Waals surface area contributed by atoms with Gasteiger partial charge in [0.15, 0.2) is 0 Å². The average Bonchev–Trinajstić information content (AvgIpc) is 2.94. The molecule has 0 bridgehead atoms. The van der Waals surface area contributed by atoms with Gasteiger partial charge in [0.05, 0.1) is 16.8 Å². The van der Waals surface area contributed by atoms with E-state index in [1.54, 1.807) is 24.5 Å². The number of hydrogen-bond acceptors (Lipinski definition) is 5. The first kappa shape index (κ1) is 20.0. The number of pyridine rings is 1. The summed E-state index contributed by atoms with van der Waals surface area (Å²) in [6, 6.07) is 13.4. The molecule has 2 heterocycles. The van der Waals surface area contributed by atoms with Gasteiger partial charge in [-0.05, 0) is 36.3 Å². The molecule has 2 amide bonds. The highest BCUT2D eigenvalue weighted by atomic mass is 32.2. The second-order valence-corrected chi connectivity index (χ2v) is 7.85. The summed E-state index contributed by atoms with van der Waals surface area (Å²) in [6.45, 7) is 2.19. The predicted octanol–water partition coefficient (Wildman–Crippen LogP) is 4.26. The molecule has 7 heteroatoms. The summed E-state index contributed by atoms with van der Waals surface area (Å²) in [5.41, 5.74) is 2.65. The van der Waals surface area contributed by atoms with Crippen LogP contribution in [0.1, 0.15) is 18.9 Å². The molecule has 1 fully saturated rings. The van der Waals surface area contributed by atoms with Crippen molar-refractivity contribution in [2.24, 2.45) is 0 Å². The number of thioether (sulfide) groups is 1. The van der Waals surface area contributed by atoms with Gasteiger partial charge in [0.2, 0.25) is 5.91 Å². The van der Waals surface area contributed by atoms with Gasteiger partial charge in [-0.1, -0.05) is 60.4 Å². The Morgan fingerprint density at radius 1 is 1.25 bits per heavy atom. The van der Waals surface area contributed by atoms with Gasteiger partial charge in [0, 0.05) is 19.2 Å². The lowest BCUT2D eigenvalue weighted by Gasteiger charge is -2.14. The Morgan fingerprint density at radius 3 is 2.75 bits per heavy atom. The van der Waals surface area contributed by atoms with E-state index in [4.69, 9.17) is 12.2 Å². The van der Waals surface area contributed by atoms with E-state index in [1.165, 1.54) is 16.7 Å². The highest BCUT2D eigenvalue weighted by Crippen LogP contribution is 2.32. The SMILES string of the molecule is CC(=Cc1ccccc1)C=C1SC(=S)N(CCC(=O)Nc2cccnc2)C1=O. The number of rotatable bonds is 6. The van der Waals surface area contributed by atoms with Crippen LogP contribution >= 0.6 is 24.0 Å². The van der Waals surface area contributed by atoms with E-state index in [9.17, 15) is 9.59 Å². The minimum Gasteiger partial charge on any atom is -0.325 e. The van der Waals surface area contributed by atoms with E-state index in [0.29, 0.717) is 14.9 Å². The standard InChI is InChI=1S/C21H19N3O2S2/c1-15(12-16-6-3-2-4-7-16)13-18-20(26)24(21(27)28-18)11-9-19(25)23-17-8-5-10-22-14-17/h2-8,10,12-14H,9,11H2,1H3,(H,23,25). The Balaban J connectivity index is 1.60. The fourth-order valence-electron chi connectivity index (χ4n) is 2.63. The quantitative estimate of drug-likeness (QED) is 0.571. The zero-order valence-corrected chi connectivity index (χ0v) is 16.9. The minimum atomic E-state index is -0.189. The summed E-state index contributed by atoms with van der Waals surface area (Å²) in [6.07, 6.45) is 7.21. The van der Waals surface area contributed by atoms with E-state index >= 15 is 0 Å². The molecule has 1 N–H and O–H groups in total. The Labute approximate surface area is 173 Å². The topological polar surface area (TPSA) is 62.3 Å². The van der Waals surface area contributed by atoms with Crippen LogP contribution in [0.4, 0.5) is 5.69 Å². The second kappa shape index (κ2) is 9.43. The van der Waals surface area contributed by atoms with Gasteiger partial charge in [0.25, 0.3) is 5.91 Å². The van der Waals surface area contributed by atoms with E-state index in [2.05, 4.69) is 10.3 Å². The molecule has 2 aromatic rings. The minimum absolute atomic E-state index is 0.160. The van der Waals surface area contributed by atoms with Crippen LogP contribution in [0.15, 0.2) is 71.4 Å². The van der Waals surface area contributed by atoms with Gasteiger partial charge in [-0.3, -0.25) is 19.5 Å². The van der Waals surface area contributed by atoms with Crippen molar-refractivity contribution < 1.29 is 9.59 Å². The van der Waals surface area contributed by atoms with Gasteiger partial charge in [-0.15, -0.1) is 0 Å². The van der Waals surface area contributed by atoms with Gasteiger partial charge in [-0.25, -0.2) is 0 Å². The van der Waals surface area contributed by atoms with E-state index in [-0.39, 0.29) is 24.8 Å². The summed E-state index contributed by atoms with van der Waals surface area (Å²) in [7, 11) is 0. The normalized spacial score (nSPS) is 16.0. The molecule has 28 heavy (non-hydrogen) atoms. The number of nitrogens with zero attached hydrogens (tertiary/aromatic N) is 2. The molecule has 1 aromatic heterocycles. The first-order valence-electron chi connectivity index (χ1n) is 8.71. The van der Waals surface area contributed by atoms with Crippen LogP contribution in [0.25, 0.3) is 6.08 Å². The smallest absolute Gasteiger partial charge is 0.266 e. The van der Waals surface area contributed by atoms with Crippen LogP contribution in [0.2, 0.25) is 0 Å². The second-order valence-electron chi connectivity index (χ2n) is 6.17. The zero-order chi connectivity index (χ0) is 19.9. The number of amides is 2. The van der Waals surface area contributed by atoms with Crippen molar-refractivity contribution in [1.82, 2.24) is 9.88 Å². The molecule has 1 saturated heterocycles. The maximum atomic E-state index is 12.7. The molecule has 1 aliphatic heterocycles. The summed E-state index contributed by atoms with van der Waals surface area (Å²) < 4.78 is 0.470. The number of benzene rings is 1. The van der Waals surface area contributed by atoms with Crippen molar-refractivity contribution in [2.75, 3.05) is 11.9 Å². The lowest BCUT2D eigenvalue weighted by Crippen LogP contribution is -2.31. The highest BCUT2D eigenvalue weighted by molar-refractivity contribution is 8.26. The van der Waals surface area contributed by atoms with Crippen LogP contribution in [-0.4, -0.2) is 32.6 Å². The zero-order valence-electron chi connectivity index (χ0n) is 15.3. The third-order valence-corrected chi connectivity index (χ3v) is 5.31. The summed E-state index contributed by atoms with van der Waals surface area (Å²) in [5.74, 6) is -0.351. The number of carbonyl (C=O) groups is 2. The third kappa shape index (κ3) is 5.37. The molecule has 0 unspecified atom stereocenters. The van der Waals surface area contributed by atoms with Crippen molar-refractivity contribution in [2.45, 2.75) is 13.3 Å². The van der Waals surface area contributed by atoms with E-state index < -0.39 is 0 Å². The first-order chi connectivity index (χ1) is 13.5. The number of carbonyl (C=O) groups excluding carboxylic acids is 2. The van der Waals surface area contributed by atoms with Gasteiger partial charge in [-0.2, -0.15) is 0 Å². The molecule has 1 aliphatic rings. The molecule has 0 saturated carbocycles. The lowest BCUT2D eigenvalue weighted by atomic mass is 10.1. The maximum Gasteiger partial charge on any atom is 0.266 e. The average molecular weight is 410 g/mol. The van der Waals surface area contributed by atoms with Crippen molar-refractivity contribution in [3.63, 3.8) is 0 Å². The van der Waals surface area contributed by atoms with Crippen molar-refractivity contribution >= 4 is 51.9 Å². The molecule has 142 valence electrons. The maximum absolute atomic E-state index is 12.7. The Hall–Kier alpha value is -2.77. The molecule has 3 rings (SSSR count). The number of anilines is 1. The summed E-state index contributed by atoms with van der Waals surface area (Å²) in [4.78, 5) is 30.7. The first-order valence-corrected chi connectivity index (χ1v) is 9.94. The molecular weight excluding hydrogens is 390 g/mol. The molecule has 0 spiro atoms. The monoisotopic (exact) mass is 409 g/mol. The summed E-state index contributed by atoms with van der Waals surface area (Å²) >= 11 is 6.59. The van der Waals surface area contributed by atoms with Crippen LogP contribution in [0.3, 0.4) is 0 Å².